The van der Waals surface area contributed by atoms with Crippen molar-refractivity contribution in [2.45, 2.75) is 6.42 Å². The maximum atomic E-state index is 12.0. The first-order chi connectivity index (χ1) is 12.2. The van der Waals surface area contributed by atoms with Crippen molar-refractivity contribution in [2.75, 3.05) is 19.0 Å². The Labute approximate surface area is 143 Å². The van der Waals surface area contributed by atoms with E-state index in [9.17, 15) is 9.59 Å². The van der Waals surface area contributed by atoms with Crippen LogP contribution in [0.1, 0.15) is 5.56 Å². The van der Waals surface area contributed by atoms with Crippen molar-refractivity contribution in [2.24, 2.45) is 0 Å². The fourth-order valence-electron chi connectivity index (χ4n) is 2.31. The Kier molecular flexibility index (Phi) is 4.89. The van der Waals surface area contributed by atoms with Crippen LogP contribution in [0.5, 0.6) is 5.75 Å². The van der Waals surface area contributed by atoms with Crippen molar-refractivity contribution in [1.29, 1.82) is 0 Å². The number of benzene rings is 1. The normalized spacial score (nSPS) is 10.4. The number of nitrogens with zero attached hydrogens (tertiary/aromatic N) is 2. The maximum Gasteiger partial charge on any atom is 0.314 e. The molecule has 0 aliphatic carbocycles. The number of aromatic nitrogens is 3. The minimum Gasteiger partial charge on any atom is -0.497 e. The molecular weight excluding hydrogens is 322 g/mol. The van der Waals surface area contributed by atoms with Gasteiger partial charge in [0.05, 0.1) is 12.5 Å². The molecule has 0 fully saturated rings. The van der Waals surface area contributed by atoms with Crippen LogP contribution in [0.3, 0.4) is 0 Å². The predicted octanol–water partition coefficient (Wildman–Crippen LogP) is 1.26. The van der Waals surface area contributed by atoms with E-state index in [1.165, 1.54) is 0 Å². The van der Waals surface area contributed by atoms with Gasteiger partial charge in [0.15, 0.2) is 5.65 Å². The predicted molar refractivity (Wildman–Crippen MR) is 92.2 cm³/mol. The third-order valence-electron chi connectivity index (χ3n) is 3.63. The quantitative estimate of drug-likeness (QED) is 0.607. The fraction of sp³-hybridized carbons (Fsp3) is 0.176. The Balaban J connectivity index is 1.51. The number of aromatic amines is 1. The molecule has 3 rings (SSSR count). The zero-order chi connectivity index (χ0) is 17.6. The first kappa shape index (κ1) is 16.4. The Morgan fingerprint density at radius 2 is 1.96 bits per heavy atom. The van der Waals surface area contributed by atoms with Gasteiger partial charge in [-0.2, -0.15) is 5.10 Å². The van der Waals surface area contributed by atoms with Crippen LogP contribution in [0.15, 0.2) is 42.6 Å². The summed E-state index contributed by atoms with van der Waals surface area (Å²) in [5.74, 6) is -0.351. The van der Waals surface area contributed by atoms with Crippen LogP contribution < -0.4 is 15.4 Å². The zero-order valence-electron chi connectivity index (χ0n) is 13.6. The molecule has 8 heteroatoms. The molecule has 3 N–H and O–H groups in total. The SMILES string of the molecule is COc1ccc(CCNC(=O)C(=O)Nc2[nH]nc3ncccc23)cc1. The van der Waals surface area contributed by atoms with Gasteiger partial charge < -0.3 is 15.4 Å². The molecule has 2 aromatic heterocycles. The van der Waals surface area contributed by atoms with Crippen molar-refractivity contribution in [3.63, 3.8) is 0 Å². The summed E-state index contributed by atoms with van der Waals surface area (Å²) in [6, 6.07) is 11.0. The second kappa shape index (κ2) is 7.43. The van der Waals surface area contributed by atoms with Gasteiger partial charge in [0.2, 0.25) is 0 Å². The van der Waals surface area contributed by atoms with E-state index in [4.69, 9.17) is 4.74 Å². The van der Waals surface area contributed by atoms with E-state index in [0.717, 1.165) is 11.3 Å². The number of fused-ring (bicyclic) bond motifs is 1. The Hall–Kier alpha value is -3.42. The molecule has 128 valence electrons. The summed E-state index contributed by atoms with van der Waals surface area (Å²) < 4.78 is 5.09. The lowest BCUT2D eigenvalue weighted by Gasteiger charge is -2.06. The van der Waals surface area contributed by atoms with Gasteiger partial charge in [-0.1, -0.05) is 12.1 Å². The molecule has 0 saturated carbocycles. The summed E-state index contributed by atoms with van der Waals surface area (Å²) >= 11 is 0. The second-order valence-electron chi connectivity index (χ2n) is 5.28. The lowest BCUT2D eigenvalue weighted by molar-refractivity contribution is -0.136. The van der Waals surface area contributed by atoms with Crippen LogP contribution in [-0.2, 0) is 16.0 Å². The van der Waals surface area contributed by atoms with Crippen LogP contribution in [-0.4, -0.2) is 40.7 Å². The third-order valence-corrected chi connectivity index (χ3v) is 3.63. The zero-order valence-corrected chi connectivity index (χ0v) is 13.6. The first-order valence-electron chi connectivity index (χ1n) is 7.68. The highest BCUT2D eigenvalue weighted by molar-refractivity contribution is 6.40. The summed E-state index contributed by atoms with van der Waals surface area (Å²) in [7, 11) is 1.60. The molecule has 25 heavy (non-hydrogen) atoms. The Bertz CT molecular complexity index is 889. The second-order valence-corrected chi connectivity index (χ2v) is 5.28. The van der Waals surface area contributed by atoms with Crippen molar-refractivity contribution < 1.29 is 14.3 Å². The average Bonchev–Trinajstić information content (AvgIpc) is 3.05. The van der Waals surface area contributed by atoms with Gasteiger partial charge in [-0.3, -0.25) is 14.7 Å². The highest BCUT2D eigenvalue weighted by Gasteiger charge is 2.16. The van der Waals surface area contributed by atoms with Crippen LogP contribution in [0.2, 0.25) is 0 Å². The molecule has 0 bridgehead atoms. The fourth-order valence-corrected chi connectivity index (χ4v) is 2.31. The minimum atomic E-state index is -0.760. The molecule has 8 nitrogen and oxygen atoms in total. The minimum absolute atomic E-state index is 0.346. The smallest absolute Gasteiger partial charge is 0.314 e. The molecule has 0 unspecified atom stereocenters. The molecule has 2 amide bonds. The van der Waals surface area contributed by atoms with Gasteiger partial charge in [-0.15, -0.1) is 0 Å². The van der Waals surface area contributed by atoms with E-state index >= 15 is 0 Å². The van der Waals surface area contributed by atoms with Crippen LogP contribution >= 0.6 is 0 Å². The molecular formula is C17H17N5O3. The average molecular weight is 339 g/mol. The summed E-state index contributed by atoms with van der Waals surface area (Å²) in [5, 5.41) is 12.3. The molecule has 3 aromatic rings. The van der Waals surface area contributed by atoms with Crippen molar-refractivity contribution >= 4 is 28.7 Å². The van der Waals surface area contributed by atoms with Crippen molar-refractivity contribution in [3.8, 4) is 5.75 Å². The molecule has 0 aliphatic heterocycles. The van der Waals surface area contributed by atoms with Gasteiger partial charge in [0.25, 0.3) is 0 Å². The van der Waals surface area contributed by atoms with E-state index in [1.807, 2.05) is 24.3 Å². The third kappa shape index (κ3) is 3.92. The molecule has 0 saturated heterocycles. The van der Waals surface area contributed by atoms with E-state index in [1.54, 1.807) is 25.4 Å². The highest BCUT2D eigenvalue weighted by Crippen LogP contribution is 2.17. The van der Waals surface area contributed by atoms with E-state index in [0.29, 0.717) is 29.8 Å². The molecule has 0 atom stereocenters. The number of carbonyl (C=O) groups is 2. The number of rotatable bonds is 5. The maximum absolute atomic E-state index is 12.0. The number of methoxy groups -OCH3 is 1. The molecule has 0 aliphatic rings. The van der Waals surface area contributed by atoms with Crippen LogP contribution in [0.4, 0.5) is 5.82 Å². The largest absolute Gasteiger partial charge is 0.497 e. The number of hydrogen-bond donors (Lipinski definition) is 3. The van der Waals surface area contributed by atoms with E-state index in [-0.39, 0.29) is 0 Å². The number of pyridine rings is 1. The number of hydrogen-bond acceptors (Lipinski definition) is 5. The van der Waals surface area contributed by atoms with E-state index < -0.39 is 11.8 Å². The standard InChI is InChI=1S/C17H17N5O3/c1-25-12-6-4-11(5-7-12)8-10-19-16(23)17(24)20-15-13-3-2-9-18-14(13)21-22-15/h2-7,9H,8,10H2,1H3,(H,19,23)(H2,18,20,21,22,24). The Morgan fingerprint density at radius 1 is 1.16 bits per heavy atom. The summed E-state index contributed by atoms with van der Waals surface area (Å²) in [4.78, 5) is 27.9. The number of carbonyl (C=O) groups excluding carboxylic acids is 2. The van der Waals surface area contributed by atoms with Crippen LogP contribution in [0, 0.1) is 0 Å². The van der Waals surface area contributed by atoms with Crippen molar-refractivity contribution in [1.82, 2.24) is 20.5 Å². The topological polar surface area (TPSA) is 109 Å². The molecule has 1 aromatic carbocycles. The first-order valence-corrected chi connectivity index (χ1v) is 7.68. The van der Waals surface area contributed by atoms with Gasteiger partial charge in [-0.05, 0) is 36.2 Å². The van der Waals surface area contributed by atoms with Crippen molar-refractivity contribution in [3.05, 3.63) is 48.2 Å². The summed E-state index contributed by atoms with van der Waals surface area (Å²) in [6.45, 7) is 0.351. The highest BCUT2D eigenvalue weighted by atomic mass is 16.5. The van der Waals surface area contributed by atoms with Gasteiger partial charge in [0.1, 0.15) is 11.6 Å². The number of nitrogens with one attached hydrogen (secondary N) is 3. The van der Waals surface area contributed by atoms with Gasteiger partial charge in [0, 0.05) is 12.7 Å². The number of H-pyrrole nitrogens is 1. The number of ether oxygens (including phenoxy) is 1. The molecule has 0 radical (unpaired) electrons. The number of anilines is 1. The van der Waals surface area contributed by atoms with Gasteiger partial charge in [-0.25, -0.2) is 4.98 Å². The molecule has 2 heterocycles. The lowest BCUT2D eigenvalue weighted by Crippen LogP contribution is -2.36. The van der Waals surface area contributed by atoms with Crippen LogP contribution in [0.25, 0.3) is 11.0 Å². The number of amides is 2. The van der Waals surface area contributed by atoms with Gasteiger partial charge >= 0.3 is 11.8 Å². The summed E-state index contributed by atoms with van der Waals surface area (Å²) in [6.07, 6.45) is 2.21. The Morgan fingerprint density at radius 3 is 2.72 bits per heavy atom. The monoisotopic (exact) mass is 339 g/mol. The summed E-state index contributed by atoms with van der Waals surface area (Å²) in [5.41, 5.74) is 1.50. The lowest BCUT2D eigenvalue weighted by atomic mass is 10.1. The van der Waals surface area contributed by atoms with E-state index in [2.05, 4.69) is 25.8 Å². The molecule has 0 spiro atoms.